The van der Waals surface area contributed by atoms with Gasteiger partial charge in [0, 0.05) is 31.5 Å². The summed E-state index contributed by atoms with van der Waals surface area (Å²) in [4.78, 5) is 8.09. The Morgan fingerprint density at radius 2 is 2.12 bits per heavy atom. The van der Waals surface area contributed by atoms with Crippen LogP contribution in [0.5, 0.6) is 5.75 Å². The fourth-order valence-electron chi connectivity index (χ4n) is 2.01. The molecule has 2 N–H and O–H groups in total. The quantitative estimate of drug-likeness (QED) is 0.386. The molecule has 8 nitrogen and oxygen atoms in total. The molecule has 2 aromatic rings. The predicted octanol–water partition coefficient (Wildman–Crippen LogP) is 2.57. The lowest BCUT2D eigenvalue weighted by Crippen LogP contribution is -2.21. The van der Waals surface area contributed by atoms with E-state index in [0.717, 1.165) is 11.3 Å². The smallest absolute Gasteiger partial charge is 0.230 e. The molecule has 0 aliphatic rings. The van der Waals surface area contributed by atoms with Gasteiger partial charge >= 0.3 is 0 Å². The van der Waals surface area contributed by atoms with E-state index in [9.17, 15) is 0 Å². The van der Waals surface area contributed by atoms with Crippen molar-refractivity contribution in [1.82, 2.24) is 10.5 Å². The SMILES string of the molecule is C=N/C=C\C(=N/CNCCOC)Nc1cc(-c2ccc(OC)cc2)no1. The van der Waals surface area contributed by atoms with Gasteiger partial charge in [-0.3, -0.25) is 15.3 Å². The van der Waals surface area contributed by atoms with Crippen LogP contribution in [0.25, 0.3) is 11.3 Å². The van der Waals surface area contributed by atoms with E-state index in [1.165, 1.54) is 0 Å². The number of methoxy groups -OCH3 is 2. The molecule has 0 amide bonds. The van der Waals surface area contributed by atoms with E-state index in [1.807, 2.05) is 24.3 Å². The van der Waals surface area contributed by atoms with Gasteiger partial charge in [-0.25, -0.2) is 0 Å². The van der Waals surface area contributed by atoms with Gasteiger partial charge in [0.05, 0.1) is 20.4 Å². The Hall–Kier alpha value is -2.97. The molecular weight excluding hydrogens is 334 g/mol. The minimum atomic E-state index is 0.423. The lowest BCUT2D eigenvalue weighted by atomic mass is 10.1. The van der Waals surface area contributed by atoms with Crippen LogP contribution >= 0.6 is 0 Å². The summed E-state index contributed by atoms with van der Waals surface area (Å²) in [6, 6.07) is 9.36. The average molecular weight is 357 g/mol. The molecule has 0 unspecified atom stereocenters. The number of benzene rings is 1. The molecule has 138 valence electrons. The van der Waals surface area contributed by atoms with Gasteiger partial charge in [0.1, 0.15) is 17.3 Å². The third-order valence-electron chi connectivity index (χ3n) is 3.33. The Labute approximate surface area is 152 Å². The van der Waals surface area contributed by atoms with Gasteiger partial charge < -0.3 is 19.3 Å². The zero-order valence-electron chi connectivity index (χ0n) is 14.9. The molecule has 0 spiro atoms. The molecule has 26 heavy (non-hydrogen) atoms. The summed E-state index contributed by atoms with van der Waals surface area (Å²) in [5, 5.41) is 10.3. The molecule has 0 bridgehead atoms. The zero-order valence-corrected chi connectivity index (χ0v) is 14.9. The average Bonchev–Trinajstić information content (AvgIpc) is 3.14. The fraction of sp³-hybridized carbons (Fsp3) is 0.278. The molecule has 0 aliphatic carbocycles. The van der Waals surface area contributed by atoms with Gasteiger partial charge in [0.15, 0.2) is 0 Å². The molecule has 1 aromatic carbocycles. The second-order valence-corrected chi connectivity index (χ2v) is 5.12. The highest BCUT2D eigenvalue weighted by atomic mass is 16.5. The summed E-state index contributed by atoms with van der Waals surface area (Å²) in [5.74, 6) is 1.83. The Morgan fingerprint density at radius 3 is 2.81 bits per heavy atom. The van der Waals surface area contributed by atoms with E-state index in [-0.39, 0.29) is 0 Å². The third-order valence-corrected chi connectivity index (χ3v) is 3.33. The maximum atomic E-state index is 5.34. The Bertz CT molecular complexity index is 738. The maximum absolute atomic E-state index is 5.34. The molecule has 8 heteroatoms. The number of aromatic nitrogens is 1. The highest BCUT2D eigenvalue weighted by Crippen LogP contribution is 2.24. The largest absolute Gasteiger partial charge is 0.497 e. The minimum absolute atomic E-state index is 0.423. The van der Waals surface area contributed by atoms with Crippen LogP contribution in [0.1, 0.15) is 0 Å². The molecule has 1 aromatic heterocycles. The summed E-state index contributed by atoms with van der Waals surface area (Å²) in [6.45, 7) is 5.17. The summed E-state index contributed by atoms with van der Waals surface area (Å²) in [5.41, 5.74) is 1.63. The van der Waals surface area contributed by atoms with Crippen molar-refractivity contribution in [2.45, 2.75) is 0 Å². The zero-order chi connectivity index (χ0) is 18.6. The minimum Gasteiger partial charge on any atom is -0.497 e. The standard InChI is InChI=1S/C18H23N5O3/c1-19-9-8-17(21-13-20-10-11-24-2)22-18-12-16(23-26-18)14-4-6-15(25-3)7-5-14/h4-9,12,20H,1,10-11,13H2,2-3H3,(H,21,22)/b9-8-. The number of amidine groups is 1. The molecule has 0 saturated carbocycles. The molecule has 1 heterocycles. The highest BCUT2D eigenvalue weighted by molar-refractivity contribution is 6.03. The van der Waals surface area contributed by atoms with Crippen LogP contribution in [0.15, 0.2) is 57.1 Å². The number of nitrogens with one attached hydrogen (secondary N) is 2. The highest BCUT2D eigenvalue weighted by Gasteiger charge is 2.08. The van der Waals surface area contributed by atoms with Gasteiger partial charge in [-0.15, -0.1) is 0 Å². The van der Waals surface area contributed by atoms with Crippen molar-refractivity contribution in [3.63, 3.8) is 0 Å². The van der Waals surface area contributed by atoms with Crippen LogP contribution in [0.3, 0.4) is 0 Å². The lowest BCUT2D eigenvalue weighted by molar-refractivity contribution is 0.200. The number of ether oxygens (including phenoxy) is 2. The summed E-state index contributed by atoms with van der Waals surface area (Å²) >= 11 is 0. The van der Waals surface area contributed by atoms with Crippen molar-refractivity contribution in [2.75, 3.05) is 39.4 Å². The number of rotatable bonds is 10. The summed E-state index contributed by atoms with van der Waals surface area (Å²) in [7, 11) is 3.28. The Morgan fingerprint density at radius 1 is 1.31 bits per heavy atom. The normalized spacial score (nSPS) is 11.7. The second-order valence-electron chi connectivity index (χ2n) is 5.12. The third kappa shape index (κ3) is 6.15. The van der Waals surface area contributed by atoms with Crippen LogP contribution in [0.2, 0.25) is 0 Å². The van der Waals surface area contributed by atoms with E-state index in [1.54, 1.807) is 32.6 Å². The van der Waals surface area contributed by atoms with E-state index in [2.05, 4.69) is 32.5 Å². The van der Waals surface area contributed by atoms with E-state index < -0.39 is 0 Å². The topological polar surface area (TPSA) is 93.3 Å². The van der Waals surface area contributed by atoms with Crippen LogP contribution in [-0.4, -0.2) is 51.7 Å². The first-order valence-corrected chi connectivity index (χ1v) is 8.01. The number of hydrogen-bond donors (Lipinski definition) is 2. The van der Waals surface area contributed by atoms with E-state index in [4.69, 9.17) is 14.0 Å². The number of nitrogens with zero attached hydrogens (tertiary/aromatic N) is 3. The first-order valence-electron chi connectivity index (χ1n) is 8.01. The number of hydrogen-bond acceptors (Lipinski definition) is 7. The molecule has 0 radical (unpaired) electrons. The van der Waals surface area contributed by atoms with Gasteiger partial charge in [0.25, 0.3) is 0 Å². The van der Waals surface area contributed by atoms with Gasteiger partial charge in [-0.05, 0) is 37.1 Å². The van der Waals surface area contributed by atoms with Crippen molar-refractivity contribution >= 4 is 18.4 Å². The van der Waals surface area contributed by atoms with Gasteiger partial charge in [0.2, 0.25) is 5.88 Å². The van der Waals surface area contributed by atoms with Crippen molar-refractivity contribution < 1.29 is 14.0 Å². The van der Waals surface area contributed by atoms with Crippen LogP contribution in [-0.2, 0) is 4.74 Å². The second kappa shape index (κ2) is 10.8. The maximum Gasteiger partial charge on any atom is 0.230 e. The Kier molecular flexibility index (Phi) is 8.04. The fourth-order valence-corrected chi connectivity index (χ4v) is 2.01. The lowest BCUT2D eigenvalue weighted by Gasteiger charge is -2.04. The van der Waals surface area contributed by atoms with Crippen molar-refractivity contribution in [2.24, 2.45) is 9.98 Å². The van der Waals surface area contributed by atoms with E-state index in [0.29, 0.717) is 37.2 Å². The van der Waals surface area contributed by atoms with E-state index >= 15 is 0 Å². The van der Waals surface area contributed by atoms with Crippen LogP contribution in [0, 0.1) is 0 Å². The first-order chi connectivity index (χ1) is 12.8. The van der Waals surface area contributed by atoms with Crippen LogP contribution < -0.4 is 15.4 Å². The first kappa shape index (κ1) is 19.4. The number of aliphatic imine (C=N–C) groups is 2. The van der Waals surface area contributed by atoms with Gasteiger partial charge in [-0.2, -0.15) is 0 Å². The van der Waals surface area contributed by atoms with Gasteiger partial charge in [-0.1, -0.05) is 5.16 Å². The monoisotopic (exact) mass is 357 g/mol. The molecular formula is C18H23N5O3. The van der Waals surface area contributed by atoms with Crippen molar-refractivity contribution in [1.29, 1.82) is 0 Å². The van der Waals surface area contributed by atoms with Crippen LogP contribution in [0.4, 0.5) is 5.88 Å². The Balaban J connectivity index is 2.03. The molecule has 0 aliphatic heterocycles. The number of anilines is 1. The molecule has 0 atom stereocenters. The molecule has 0 saturated heterocycles. The summed E-state index contributed by atoms with van der Waals surface area (Å²) in [6.07, 6.45) is 3.24. The molecule has 2 rings (SSSR count). The van der Waals surface area contributed by atoms with Crippen molar-refractivity contribution in [3.8, 4) is 17.0 Å². The molecule has 0 fully saturated rings. The predicted molar refractivity (Wildman–Crippen MR) is 103 cm³/mol. The van der Waals surface area contributed by atoms with Crippen molar-refractivity contribution in [3.05, 3.63) is 42.6 Å². The summed E-state index contributed by atoms with van der Waals surface area (Å²) < 4.78 is 15.5.